The first-order valence-electron chi connectivity index (χ1n) is 5.98. The van der Waals surface area contributed by atoms with Gasteiger partial charge in [0.05, 0.1) is 10.7 Å². The summed E-state index contributed by atoms with van der Waals surface area (Å²) in [7, 11) is 0. The Hall–Kier alpha value is -1.22. The van der Waals surface area contributed by atoms with E-state index in [1.807, 2.05) is 0 Å². The third-order valence-corrected chi connectivity index (χ3v) is 2.85. The summed E-state index contributed by atoms with van der Waals surface area (Å²) in [5.41, 5.74) is 6.82. The predicted octanol–water partition coefficient (Wildman–Crippen LogP) is 3.83. The number of rotatable bonds is 6. The summed E-state index contributed by atoms with van der Waals surface area (Å²) in [6.45, 7) is 2.15. The number of halogens is 1. The molecule has 1 aromatic carbocycles. The van der Waals surface area contributed by atoms with E-state index >= 15 is 0 Å². The smallest absolute Gasteiger partial charge is 0.224 e. The van der Waals surface area contributed by atoms with E-state index in [4.69, 9.17) is 17.3 Å². The molecule has 0 radical (unpaired) electrons. The minimum atomic E-state index is -0.00592. The molecule has 3 N–H and O–H groups in total. The van der Waals surface area contributed by atoms with Crippen LogP contribution < -0.4 is 11.1 Å². The monoisotopic (exact) mass is 254 g/mol. The molecule has 0 fully saturated rings. The van der Waals surface area contributed by atoms with Gasteiger partial charge in [-0.05, 0) is 24.6 Å². The van der Waals surface area contributed by atoms with Crippen LogP contribution in [0.3, 0.4) is 0 Å². The molecule has 0 aliphatic rings. The molecular weight excluding hydrogens is 236 g/mol. The highest BCUT2D eigenvalue weighted by Gasteiger charge is 2.05. The van der Waals surface area contributed by atoms with Crippen molar-refractivity contribution < 1.29 is 4.79 Å². The van der Waals surface area contributed by atoms with Crippen molar-refractivity contribution in [1.29, 1.82) is 0 Å². The van der Waals surface area contributed by atoms with Crippen molar-refractivity contribution in [3.63, 3.8) is 0 Å². The maximum absolute atomic E-state index is 11.6. The minimum absolute atomic E-state index is 0.00592. The van der Waals surface area contributed by atoms with Gasteiger partial charge >= 0.3 is 0 Å². The number of amides is 1. The van der Waals surface area contributed by atoms with Crippen molar-refractivity contribution in [3.8, 4) is 0 Å². The molecule has 0 unspecified atom stereocenters. The Kier molecular flexibility index (Phi) is 5.84. The fraction of sp³-hybridized carbons (Fsp3) is 0.462. The molecule has 0 saturated carbocycles. The number of anilines is 2. The zero-order valence-electron chi connectivity index (χ0n) is 10.1. The normalized spacial score (nSPS) is 10.2. The highest BCUT2D eigenvalue weighted by Crippen LogP contribution is 2.24. The van der Waals surface area contributed by atoms with Crippen LogP contribution in [0.1, 0.15) is 39.0 Å². The van der Waals surface area contributed by atoms with Crippen LogP contribution in [-0.4, -0.2) is 5.91 Å². The molecule has 0 bridgehead atoms. The zero-order chi connectivity index (χ0) is 12.7. The summed E-state index contributed by atoms with van der Waals surface area (Å²) in [6.07, 6.45) is 4.88. The van der Waals surface area contributed by atoms with Crippen LogP contribution in [0.2, 0.25) is 5.02 Å². The van der Waals surface area contributed by atoms with Crippen molar-refractivity contribution in [3.05, 3.63) is 23.2 Å². The Morgan fingerprint density at radius 2 is 2.12 bits per heavy atom. The van der Waals surface area contributed by atoms with Crippen molar-refractivity contribution in [2.45, 2.75) is 39.0 Å². The van der Waals surface area contributed by atoms with Gasteiger partial charge in [0.2, 0.25) is 5.91 Å². The first-order valence-corrected chi connectivity index (χ1v) is 6.36. The van der Waals surface area contributed by atoms with Gasteiger partial charge < -0.3 is 11.1 Å². The molecule has 1 rings (SSSR count). The Morgan fingerprint density at radius 3 is 2.82 bits per heavy atom. The second kappa shape index (κ2) is 7.17. The molecule has 0 spiro atoms. The van der Waals surface area contributed by atoms with Crippen molar-refractivity contribution in [2.75, 3.05) is 11.1 Å². The average Bonchev–Trinajstić information content (AvgIpc) is 2.29. The summed E-state index contributed by atoms with van der Waals surface area (Å²) in [5, 5.41) is 3.29. The van der Waals surface area contributed by atoms with Gasteiger partial charge in [0.25, 0.3) is 0 Å². The topological polar surface area (TPSA) is 55.1 Å². The first-order chi connectivity index (χ1) is 8.13. The van der Waals surface area contributed by atoms with E-state index in [9.17, 15) is 4.79 Å². The van der Waals surface area contributed by atoms with Crippen molar-refractivity contribution >= 4 is 28.9 Å². The van der Waals surface area contributed by atoms with E-state index in [0.29, 0.717) is 22.8 Å². The molecule has 1 amide bonds. The molecule has 0 aliphatic heterocycles. The largest absolute Gasteiger partial charge is 0.399 e. The number of hydrogen-bond acceptors (Lipinski definition) is 2. The molecule has 94 valence electrons. The third kappa shape index (κ3) is 5.09. The fourth-order valence-electron chi connectivity index (χ4n) is 1.56. The van der Waals surface area contributed by atoms with Crippen LogP contribution in [0.25, 0.3) is 0 Å². The lowest BCUT2D eigenvalue weighted by molar-refractivity contribution is -0.116. The van der Waals surface area contributed by atoms with E-state index in [2.05, 4.69) is 12.2 Å². The summed E-state index contributed by atoms with van der Waals surface area (Å²) in [5.74, 6) is -0.00592. The third-order valence-electron chi connectivity index (χ3n) is 2.52. The molecule has 0 aliphatic carbocycles. The number of carbonyl (C=O) groups excluding carboxylic acids is 1. The molecule has 0 atom stereocenters. The predicted molar refractivity (Wildman–Crippen MR) is 73.3 cm³/mol. The van der Waals surface area contributed by atoms with Crippen LogP contribution >= 0.6 is 11.6 Å². The molecular formula is C13H19ClN2O. The first kappa shape index (κ1) is 13.8. The van der Waals surface area contributed by atoms with E-state index in [1.54, 1.807) is 18.2 Å². The summed E-state index contributed by atoms with van der Waals surface area (Å²) in [6, 6.07) is 5.06. The van der Waals surface area contributed by atoms with Gasteiger partial charge in [0.1, 0.15) is 0 Å². The Labute approximate surface area is 107 Å². The molecule has 17 heavy (non-hydrogen) atoms. The van der Waals surface area contributed by atoms with Crippen LogP contribution in [0.4, 0.5) is 11.4 Å². The van der Waals surface area contributed by atoms with E-state index < -0.39 is 0 Å². The number of nitrogen functional groups attached to an aromatic ring is 1. The SMILES string of the molecule is CCCCCCC(=O)Nc1cc(N)ccc1Cl. The van der Waals surface area contributed by atoms with Gasteiger partial charge in [-0.3, -0.25) is 4.79 Å². The highest BCUT2D eigenvalue weighted by molar-refractivity contribution is 6.33. The molecule has 3 nitrogen and oxygen atoms in total. The van der Waals surface area contributed by atoms with Gasteiger partial charge in [-0.15, -0.1) is 0 Å². The number of carbonyl (C=O) groups is 1. The molecule has 0 heterocycles. The summed E-state index contributed by atoms with van der Waals surface area (Å²) in [4.78, 5) is 11.6. The second-order valence-corrected chi connectivity index (χ2v) is 4.51. The van der Waals surface area contributed by atoms with E-state index in [1.165, 1.54) is 12.8 Å². The Morgan fingerprint density at radius 1 is 1.35 bits per heavy atom. The van der Waals surface area contributed by atoms with Crippen molar-refractivity contribution in [1.82, 2.24) is 0 Å². The van der Waals surface area contributed by atoms with E-state index in [0.717, 1.165) is 12.8 Å². The van der Waals surface area contributed by atoms with Gasteiger partial charge in [-0.25, -0.2) is 0 Å². The van der Waals surface area contributed by atoms with Gasteiger partial charge in [-0.2, -0.15) is 0 Å². The fourth-order valence-corrected chi connectivity index (χ4v) is 1.73. The maximum Gasteiger partial charge on any atom is 0.224 e. The molecule has 1 aromatic rings. The maximum atomic E-state index is 11.6. The number of nitrogens with one attached hydrogen (secondary N) is 1. The van der Waals surface area contributed by atoms with Gasteiger partial charge in [0, 0.05) is 12.1 Å². The van der Waals surface area contributed by atoms with Gasteiger partial charge in [0.15, 0.2) is 0 Å². The minimum Gasteiger partial charge on any atom is -0.399 e. The number of unbranched alkanes of at least 4 members (excludes halogenated alkanes) is 3. The molecule has 0 saturated heterocycles. The number of nitrogens with two attached hydrogens (primary N) is 1. The van der Waals surface area contributed by atoms with Crippen molar-refractivity contribution in [2.24, 2.45) is 0 Å². The van der Waals surface area contributed by atoms with E-state index in [-0.39, 0.29) is 5.91 Å². The standard InChI is InChI=1S/C13H19ClN2O/c1-2-3-4-5-6-13(17)16-12-9-10(15)7-8-11(12)14/h7-9H,2-6,15H2,1H3,(H,16,17). The second-order valence-electron chi connectivity index (χ2n) is 4.10. The lowest BCUT2D eigenvalue weighted by atomic mass is 10.1. The molecule has 0 aromatic heterocycles. The average molecular weight is 255 g/mol. The summed E-state index contributed by atoms with van der Waals surface area (Å²) < 4.78 is 0. The van der Waals surface area contributed by atoms with Crippen LogP contribution in [0.15, 0.2) is 18.2 Å². The number of benzene rings is 1. The van der Waals surface area contributed by atoms with Crippen LogP contribution in [0, 0.1) is 0 Å². The van der Waals surface area contributed by atoms with Crippen LogP contribution in [0.5, 0.6) is 0 Å². The highest BCUT2D eigenvalue weighted by atomic mass is 35.5. The summed E-state index contributed by atoms with van der Waals surface area (Å²) >= 11 is 5.95. The Balaban J connectivity index is 2.42. The van der Waals surface area contributed by atoms with Gasteiger partial charge in [-0.1, -0.05) is 37.8 Å². The quantitative estimate of drug-likeness (QED) is 0.599. The lowest BCUT2D eigenvalue weighted by Gasteiger charge is -2.07. The van der Waals surface area contributed by atoms with Crippen LogP contribution in [-0.2, 0) is 4.79 Å². The number of hydrogen-bond donors (Lipinski definition) is 2. The lowest BCUT2D eigenvalue weighted by Crippen LogP contribution is -2.11. The Bertz CT molecular complexity index is 380. The zero-order valence-corrected chi connectivity index (χ0v) is 10.9. The molecule has 4 heteroatoms.